The minimum absolute atomic E-state index is 0.00816. The van der Waals surface area contributed by atoms with E-state index in [1.54, 1.807) is 37.3 Å². The Morgan fingerprint density at radius 3 is 2.10 bits per heavy atom. The number of rotatable bonds is 9. The molecule has 2 aliphatic carbocycles. The quantitative estimate of drug-likeness (QED) is 0.637. The van der Waals surface area contributed by atoms with Gasteiger partial charge in [0.15, 0.2) is 0 Å². The van der Waals surface area contributed by atoms with Crippen molar-refractivity contribution in [3.63, 3.8) is 0 Å². The summed E-state index contributed by atoms with van der Waals surface area (Å²) in [5.41, 5.74) is 1.57. The van der Waals surface area contributed by atoms with Crippen LogP contribution >= 0.6 is 0 Å². The first-order valence-corrected chi connectivity index (χ1v) is 10.4. The van der Waals surface area contributed by atoms with Crippen LogP contribution in [0.2, 0.25) is 0 Å². The van der Waals surface area contributed by atoms with Gasteiger partial charge in [-0.15, -0.1) is 0 Å². The molecule has 0 aliphatic heterocycles. The van der Waals surface area contributed by atoms with Crippen LogP contribution in [0.25, 0.3) is 0 Å². The van der Waals surface area contributed by atoms with E-state index < -0.39 is 0 Å². The highest BCUT2D eigenvalue weighted by Crippen LogP contribution is 2.32. The first kappa shape index (κ1) is 20.3. The summed E-state index contributed by atoms with van der Waals surface area (Å²) >= 11 is 0. The molecule has 2 saturated carbocycles. The van der Waals surface area contributed by atoms with Crippen LogP contribution in [-0.2, 0) is 18.4 Å². The summed E-state index contributed by atoms with van der Waals surface area (Å²) in [6.07, 6.45) is 5.91. The molecular formula is C23H29N3O4. The molecule has 2 aromatic rings. The molecule has 4 rings (SSSR count). The smallest absolute Gasteiger partial charge is 0.254 e. The van der Waals surface area contributed by atoms with E-state index in [2.05, 4.69) is 0 Å². The number of nitrogens with zero attached hydrogens (tertiary/aromatic N) is 3. The average molecular weight is 412 g/mol. The van der Waals surface area contributed by atoms with E-state index in [4.69, 9.17) is 9.47 Å². The molecule has 2 amide bonds. The molecular weight excluding hydrogens is 382 g/mol. The molecule has 0 N–H and O–H groups in total. The standard InChI is InChI=1S/C23H29N3O4/c1-24-10-4-5-19(24)14-25(17-6-7-17)22(27)15-26(18-8-9-18)23(28)16-11-20(29-2)13-21(12-16)30-3/h4-5,10-13,17-18H,6-9,14-15H2,1-3H3. The Morgan fingerprint density at radius 1 is 1.00 bits per heavy atom. The summed E-state index contributed by atoms with van der Waals surface area (Å²) in [6, 6.07) is 9.56. The summed E-state index contributed by atoms with van der Waals surface area (Å²) < 4.78 is 12.6. The van der Waals surface area contributed by atoms with Crippen LogP contribution < -0.4 is 9.47 Å². The van der Waals surface area contributed by atoms with E-state index in [0.29, 0.717) is 23.6 Å². The van der Waals surface area contributed by atoms with Crippen molar-refractivity contribution < 1.29 is 19.1 Å². The van der Waals surface area contributed by atoms with Crippen LogP contribution in [0.3, 0.4) is 0 Å². The largest absolute Gasteiger partial charge is 0.497 e. The Hall–Kier alpha value is -2.96. The lowest BCUT2D eigenvalue weighted by Gasteiger charge is -2.28. The zero-order chi connectivity index (χ0) is 21.3. The summed E-state index contributed by atoms with van der Waals surface area (Å²) in [5.74, 6) is 0.970. The van der Waals surface area contributed by atoms with E-state index in [1.165, 1.54) is 0 Å². The number of aromatic nitrogens is 1. The molecule has 1 heterocycles. The molecule has 1 aromatic carbocycles. The first-order chi connectivity index (χ1) is 14.5. The lowest BCUT2D eigenvalue weighted by molar-refractivity contribution is -0.133. The third-order valence-corrected chi connectivity index (χ3v) is 5.84. The Morgan fingerprint density at radius 2 is 1.60 bits per heavy atom. The lowest BCUT2D eigenvalue weighted by Crippen LogP contribution is -2.44. The van der Waals surface area contributed by atoms with Gasteiger partial charge in [-0.05, 0) is 49.9 Å². The number of hydrogen-bond donors (Lipinski definition) is 0. The maximum Gasteiger partial charge on any atom is 0.254 e. The highest BCUT2D eigenvalue weighted by Gasteiger charge is 2.38. The molecule has 2 aliphatic rings. The fourth-order valence-electron chi connectivity index (χ4n) is 3.73. The molecule has 0 unspecified atom stereocenters. The van der Waals surface area contributed by atoms with E-state index in [0.717, 1.165) is 31.4 Å². The number of methoxy groups -OCH3 is 2. The number of carbonyl (C=O) groups is 2. The number of benzene rings is 1. The van der Waals surface area contributed by atoms with Crippen LogP contribution in [0.1, 0.15) is 41.7 Å². The van der Waals surface area contributed by atoms with Crippen molar-refractivity contribution in [1.82, 2.24) is 14.4 Å². The Labute approximate surface area is 177 Å². The molecule has 0 radical (unpaired) electrons. The van der Waals surface area contributed by atoms with Crippen LogP contribution in [0, 0.1) is 0 Å². The second-order valence-corrected chi connectivity index (χ2v) is 8.13. The highest BCUT2D eigenvalue weighted by atomic mass is 16.5. The molecule has 30 heavy (non-hydrogen) atoms. The fraction of sp³-hybridized carbons (Fsp3) is 0.478. The van der Waals surface area contributed by atoms with Crippen molar-refractivity contribution in [3.05, 3.63) is 47.8 Å². The van der Waals surface area contributed by atoms with Gasteiger partial charge in [0.25, 0.3) is 5.91 Å². The van der Waals surface area contributed by atoms with Crippen molar-refractivity contribution in [1.29, 1.82) is 0 Å². The minimum atomic E-state index is -0.155. The summed E-state index contributed by atoms with van der Waals surface area (Å²) in [6.45, 7) is 0.677. The Kier molecular flexibility index (Phi) is 5.70. The topological polar surface area (TPSA) is 64.0 Å². The number of hydrogen-bond acceptors (Lipinski definition) is 4. The third-order valence-electron chi connectivity index (χ3n) is 5.84. The number of ether oxygens (including phenoxy) is 2. The van der Waals surface area contributed by atoms with Crippen molar-refractivity contribution in [2.45, 2.75) is 44.3 Å². The van der Waals surface area contributed by atoms with Gasteiger partial charge in [0.1, 0.15) is 18.0 Å². The molecule has 2 fully saturated rings. The Balaban J connectivity index is 1.52. The van der Waals surface area contributed by atoms with Crippen LogP contribution in [0.15, 0.2) is 36.5 Å². The van der Waals surface area contributed by atoms with Gasteiger partial charge in [-0.2, -0.15) is 0 Å². The second kappa shape index (κ2) is 8.42. The number of carbonyl (C=O) groups excluding carboxylic acids is 2. The maximum absolute atomic E-state index is 13.3. The number of aryl methyl sites for hydroxylation is 1. The van der Waals surface area contributed by atoms with Gasteiger partial charge >= 0.3 is 0 Å². The zero-order valence-corrected chi connectivity index (χ0v) is 17.8. The van der Waals surface area contributed by atoms with E-state index in [1.807, 2.05) is 34.8 Å². The average Bonchev–Trinajstić information content (AvgIpc) is 3.68. The van der Waals surface area contributed by atoms with Gasteiger partial charge < -0.3 is 23.8 Å². The van der Waals surface area contributed by atoms with Crippen molar-refractivity contribution in [2.75, 3.05) is 20.8 Å². The van der Waals surface area contributed by atoms with Crippen LogP contribution in [0.5, 0.6) is 11.5 Å². The third kappa shape index (κ3) is 4.45. The van der Waals surface area contributed by atoms with Gasteiger partial charge in [0.05, 0.1) is 20.8 Å². The second-order valence-electron chi connectivity index (χ2n) is 8.13. The molecule has 0 saturated heterocycles. The molecule has 7 heteroatoms. The Bertz CT molecular complexity index is 908. The van der Waals surface area contributed by atoms with Crippen molar-refractivity contribution in [3.8, 4) is 11.5 Å². The minimum Gasteiger partial charge on any atom is -0.497 e. The normalized spacial score (nSPS) is 15.6. The fourth-order valence-corrected chi connectivity index (χ4v) is 3.73. The molecule has 1 aromatic heterocycles. The van der Waals surface area contributed by atoms with Gasteiger partial charge in [0.2, 0.25) is 5.91 Å². The molecule has 7 nitrogen and oxygen atoms in total. The summed E-state index contributed by atoms with van der Waals surface area (Å²) in [4.78, 5) is 30.2. The summed E-state index contributed by atoms with van der Waals surface area (Å²) in [7, 11) is 5.10. The molecule has 160 valence electrons. The maximum atomic E-state index is 13.3. The predicted molar refractivity (Wildman–Crippen MR) is 113 cm³/mol. The van der Waals surface area contributed by atoms with Crippen molar-refractivity contribution >= 4 is 11.8 Å². The lowest BCUT2D eigenvalue weighted by atomic mass is 10.1. The molecule has 0 spiro atoms. The highest BCUT2D eigenvalue weighted by molar-refractivity contribution is 5.97. The van der Waals surface area contributed by atoms with Crippen LogP contribution in [-0.4, -0.2) is 59.0 Å². The molecule has 0 bridgehead atoms. The van der Waals surface area contributed by atoms with Gasteiger partial charge in [-0.3, -0.25) is 9.59 Å². The van der Waals surface area contributed by atoms with Crippen molar-refractivity contribution in [2.24, 2.45) is 7.05 Å². The monoisotopic (exact) mass is 411 g/mol. The van der Waals surface area contributed by atoms with E-state index >= 15 is 0 Å². The van der Waals surface area contributed by atoms with Gasteiger partial charge in [-0.25, -0.2) is 0 Å². The SMILES string of the molecule is COc1cc(OC)cc(C(=O)N(CC(=O)N(Cc2cccn2C)C2CC2)C2CC2)c1. The first-order valence-electron chi connectivity index (χ1n) is 10.4. The predicted octanol–water partition coefficient (Wildman–Crippen LogP) is 2.84. The van der Waals surface area contributed by atoms with Gasteiger partial charge in [-0.1, -0.05) is 0 Å². The van der Waals surface area contributed by atoms with Crippen LogP contribution in [0.4, 0.5) is 0 Å². The van der Waals surface area contributed by atoms with E-state index in [-0.39, 0.29) is 30.4 Å². The number of amides is 2. The van der Waals surface area contributed by atoms with Gasteiger partial charge in [0, 0.05) is 42.7 Å². The summed E-state index contributed by atoms with van der Waals surface area (Å²) in [5, 5.41) is 0. The zero-order valence-electron chi connectivity index (χ0n) is 17.8. The molecule has 0 atom stereocenters. The van der Waals surface area contributed by atoms with E-state index in [9.17, 15) is 9.59 Å².